The molecule has 118 valence electrons. The maximum atomic E-state index is 13.0. The Kier molecular flexibility index (Phi) is 3.55. The van der Waals surface area contributed by atoms with E-state index in [4.69, 9.17) is 0 Å². The van der Waals surface area contributed by atoms with Crippen molar-refractivity contribution in [1.82, 2.24) is 9.97 Å². The minimum absolute atomic E-state index is 0.0103. The predicted molar refractivity (Wildman–Crippen MR) is 80.7 cm³/mol. The fraction of sp³-hybridized carbons (Fsp3) is 0.125. The van der Waals surface area contributed by atoms with Crippen molar-refractivity contribution >= 4 is 22.4 Å². The van der Waals surface area contributed by atoms with E-state index in [9.17, 15) is 18.3 Å². The van der Waals surface area contributed by atoms with Crippen LogP contribution in [-0.4, -0.2) is 15.1 Å². The number of nitrogens with one attached hydrogen (secondary N) is 1. The van der Waals surface area contributed by atoms with Gasteiger partial charge in [-0.3, -0.25) is 0 Å². The van der Waals surface area contributed by atoms with Gasteiger partial charge in [-0.05, 0) is 36.8 Å². The zero-order chi connectivity index (χ0) is 16.6. The maximum Gasteiger partial charge on any atom is 0.451 e. The van der Waals surface area contributed by atoms with Crippen LogP contribution in [0.25, 0.3) is 10.9 Å². The molecule has 3 rings (SSSR count). The van der Waals surface area contributed by atoms with Gasteiger partial charge < -0.3 is 10.4 Å². The van der Waals surface area contributed by atoms with Crippen LogP contribution < -0.4 is 5.32 Å². The number of hydrogen-bond acceptors (Lipinski definition) is 4. The Morgan fingerprint density at radius 1 is 1.04 bits per heavy atom. The number of benzene rings is 2. The highest BCUT2D eigenvalue weighted by Crippen LogP contribution is 2.33. The fourth-order valence-electron chi connectivity index (χ4n) is 2.18. The van der Waals surface area contributed by atoms with Crippen LogP contribution in [-0.2, 0) is 6.18 Å². The number of alkyl halides is 3. The van der Waals surface area contributed by atoms with Gasteiger partial charge in [-0.2, -0.15) is 13.2 Å². The number of anilines is 2. The second-order valence-corrected chi connectivity index (χ2v) is 5.06. The highest BCUT2D eigenvalue weighted by Gasteiger charge is 2.35. The van der Waals surface area contributed by atoms with Gasteiger partial charge in [0.2, 0.25) is 5.82 Å². The molecule has 0 aliphatic heterocycles. The summed E-state index contributed by atoms with van der Waals surface area (Å²) in [6.07, 6.45) is -4.66. The molecular formula is C16H12F3N3O. The molecule has 1 heterocycles. The van der Waals surface area contributed by atoms with Crippen molar-refractivity contribution in [1.29, 1.82) is 0 Å². The van der Waals surface area contributed by atoms with Crippen LogP contribution in [0.4, 0.5) is 24.7 Å². The average molecular weight is 319 g/mol. The van der Waals surface area contributed by atoms with E-state index in [2.05, 4.69) is 15.3 Å². The third kappa shape index (κ3) is 3.03. The molecule has 1 aromatic heterocycles. The molecule has 23 heavy (non-hydrogen) atoms. The number of nitrogens with zero attached hydrogens (tertiary/aromatic N) is 2. The van der Waals surface area contributed by atoms with Crippen LogP contribution in [0.3, 0.4) is 0 Å². The number of phenolic OH excluding ortho intramolecular Hbond substituents is 1. The summed E-state index contributed by atoms with van der Waals surface area (Å²) in [5.41, 5.74) is 1.30. The van der Waals surface area contributed by atoms with Crippen molar-refractivity contribution in [2.75, 3.05) is 5.32 Å². The lowest BCUT2D eigenvalue weighted by molar-refractivity contribution is -0.144. The summed E-state index contributed by atoms with van der Waals surface area (Å²) in [5, 5.41) is 13.1. The number of para-hydroxylation sites is 1. The van der Waals surface area contributed by atoms with Crippen LogP contribution in [0.1, 0.15) is 11.4 Å². The van der Waals surface area contributed by atoms with Gasteiger partial charge in [0.25, 0.3) is 0 Å². The SMILES string of the molecule is Cc1ccc(O)c(Nc2nc(C(F)(F)F)nc3ccccc23)c1. The summed E-state index contributed by atoms with van der Waals surface area (Å²) in [5.74, 6) is -1.32. The van der Waals surface area contributed by atoms with Crippen LogP contribution in [0.15, 0.2) is 42.5 Å². The molecule has 0 atom stereocenters. The summed E-state index contributed by atoms with van der Waals surface area (Å²) in [6, 6.07) is 11.2. The topological polar surface area (TPSA) is 58.0 Å². The molecule has 0 saturated heterocycles. The molecule has 0 fully saturated rings. The summed E-state index contributed by atoms with van der Waals surface area (Å²) in [6.45, 7) is 1.81. The Hall–Kier alpha value is -2.83. The Labute approximate surface area is 129 Å². The van der Waals surface area contributed by atoms with Crippen molar-refractivity contribution in [3.05, 3.63) is 53.9 Å². The van der Waals surface area contributed by atoms with Gasteiger partial charge in [-0.15, -0.1) is 0 Å². The average Bonchev–Trinajstić information content (AvgIpc) is 2.50. The molecule has 3 aromatic rings. The van der Waals surface area contributed by atoms with Crippen LogP contribution in [0.2, 0.25) is 0 Å². The van der Waals surface area contributed by atoms with E-state index in [1.165, 1.54) is 12.1 Å². The van der Waals surface area contributed by atoms with Crippen molar-refractivity contribution in [2.45, 2.75) is 13.1 Å². The number of halogens is 3. The van der Waals surface area contributed by atoms with E-state index in [1.54, 1.807) is 30.3 Å². The van der Waals surface area contributed by atoms with E-state index in [0.29, 0.717) is 5.39 Å². The van der Waals surface area contributed by atoms with Gasteiger partial charge >= 0.3 is 6.18 Å². The van der Waals surface area contributed by atoms with Crippen molar-refractivity contribution in [3.63, 3.8) is 0 Å². The lowest BCUT2D eigenvalue weighted by Crippen LogP contribution is -2.12. The maximum absolute atomic E-state index is 13.0. The molecule has 4 nitrogen and oxygen atoms in total. The first-order valence-corrected chi connectivity index (χ1v) is 6.75. The van der Waals surface area contributed by atoms with Gasteiger partial charge in [0.05, 0.1) is 11.2 Å². The fourth-order valence-corrected chi connectivity index (χ4v) is 2.18. The standard InChI is InChI=1S/C16H12F3N3O/c1-9-6-7-13(23)12(8-9)20-14-10-4-2-3-5-11(10)21-15(22-14)16(17,18)19/h2-8,23H,1H3,(H,20,21,22). The Morgan fingerprint density at radius 3 is 2.52 bits per heavy atom. The van der Waals surface area contributed by atoms with Crippen molar-refractivity contribution < 1.29 is 18.3 Å². The molecule has 2 aromatic carbocycles. The zero-order valence-electron chi connectivity index (χ0n) is 12.0. The molecule has 0 bridgehead atoms. The molecule has 0 unspecified atom stereocenters. The van der Waals surface area contributed by atoms with Gasteiger partial charge in [0, 0.05) is 5.39 Å². The normalized spacial score (nSPS) is 11.7. The number of fused-ring (bicyclic) bond motifs is 1. The first kappa shape index (κ1) is 15.1. The summed E-state index contributed by atoms with van der Waals surface area (Å²) >= 11 is 0. The first-order valence-electron chi connectivity index (χ1n) is 6.75. The Morgan fingerprint density at radius 2 is 1.78 bits per heavy atom. The predicted octanol–water partition coefficient (Wildman–Crippen LogP) is 4.41. The van der Waals surface area contributed by atoms with Crippen molar-refractivity contribution in [2.24, 2.45) is 0 Å². The van der Waals surface area contributed by atoms with E-state index >= 15 is 0 Å². The number of aromatic nitrogens is 2. The number of aryl methyl sites for hydroxylation is 1. The lowest BCUT2D eigenvalue weighted by atomic mass is 10.2. The molecule has 0 aliphatic rings. The van der Waals surface area contributed by atoms with E-state index in [1.807, 2.05) is 6.92 Å². The van der Waals surface area contributed by atoms with E-state index < -0.39 is 12.0 Å². The van der Waals surface area contributed by atoms with E-state index in [-0.39, 0.29) is 22.8 Å². The highest BCUT2D eigenvalue weighted by atomic mass is 19.4. The molecule has 0 spiro atoms. The second kappa shape index (κ2) is 5.42. The quantitative estimate of drug-likeness (QED) is 0.687. The Bertz CT molecular complexity index is 878. The van der Waals surface area contributed by atoms with Crippen LogP contribution >= 0.6 is 0 Å². The summed E-state index contributed by atoms with van der Waals surface area (Å²) < 4.78 is 38.9. The monoisotopic (exact) mass is 319 g/mol. The number of phenols is 1. The zero-order valence-corrected chi connectivity index (χ0v) is 12.0. The molecule has 0 saturated carbocycles. The molecule has 0 amide bonds. The number of hydrogen-bond donors (Lipinski definition) is 2. The van der Waals surface area contributed by atoms with Gasteiger partial charge in [0.1, 0.15) is 11.6 Å². The van der Waals surface area contributed by atoms with Crippen LogP contribution in [0.5, 0.6) is 5.75 Å². The highest BCUT2D eigenvalue weighted by molar-refractivity contribution is 5.91. The lowest BCUT2D eigenvalue weighted by Gasteiger charge is -2.13. The largest absolute Gasteiger partial charge is 0.506 e. The third-order valence-corrected chi connectivity index (χ3v) is 3.26. The minimum Gasteiger partial charge on any atom is -0.506 e. The van der Waals surface area contributed by atoms with Gasteiger partial charge in [-0.25, -0.2) is 9.97 Å². The number of rotatable bonds is 2. The van der Waals surface area contributed by atoms with Gasteiger partial charge in [-0.1, -0.05) is 18.2 Å². The second-order valence-electron chi connectivity index (χ2n) is 5.06. The number of aromatic hydroxyl groups is 1. The van der Waals surface area contributed by atoms with E-state index in [0.717, 1.165) is 5.56 Å². The first-order chi connectivity index (χ1) is 10.8. The molecule has 2 N–H and O–H groups in total. The smallest absolute Gasteiger partial charge is 0.451 e. The van der Waals surface area contributed by atoms with Gasteiger partial charge in [0.15, 0.2) is 0 Å². The molecule has 0 radical (unpaired) electrons. The minimum atomic E-state index is -4.66. The van der Waals surface area contributed by atoms with Crippen molar-refractivity contribution in [3.8, 4) is 5.75 Å². The summed E-state index contributed by atoms with van der Waals surface area (Å²) in [4.78, 5) is 7.13. The molecule has 7 heteroatoms. The Balaban J connectivity index is 2.17. The van der Waals surface area contributed by atoms with Crippen LogP contribution in [0, 0.1) is 6.92 Å². The third-order valence-electron chi connectivity index (χ3n) is 3.26. The molecular weight excluding hydrogens is 307 g/mol. The summed E-state index contributed by atoms with van der Waals surface area (Å²) in [7, 11) is 0. The molecule has 0 aliphatic carbocycles.